The fourth-order valence-corrected chi connectivity index (χ4v) is 3.68. The van der Waals surface area contributed by atoms with E-state index in [2.05, 4.69) is 30.4 Å². The summed E-state index contributed by atoms with van der Waals surface area (Å²) >= 11 is 0. The molecule has 0 saturated carbocycles. The molecule has 12 heteroatoms. The van der Waals surface area contributed by atoms with Crippen LogP contribution in [0.15, 0.2) is 43.0 Å². The van der Waals surface area contributed by atoms with Gasteiger partial charge in [0.2, 0.25) is 5.82 Å². The number of rotatable bonds is 7. The SMILES string of the molecule is C[C@H](Nc1nc(-c2cnn3ccccc23)nc(OC[C@@H]2COC(C)(C)O2)c1F)c1ncc(F)cn1. The molecule has 1 N–H and O–H groups in total. The molecule has 0 amide bonds. The quantitative estimate of drug-likeness (QED) is 0.422. The van der Waals surface area contributed by atoms with Crippen molar-refractivity contribution in [3.8, 4) is 17.3 Å². The zero-order chi connectivity index (χ0) is 24.6. The van der Waals surface area contributed by atoms with Gasteiger partial charge >= 0.3 is 0 Å². The van der Waals surface area contributed by atoms with Crippen LogP contribution in [0.2, 0.25) is 0 Å². The predicted octanol–water partition coefficient (Wildman–Crippen LogP) is 3.56. The van der Waals surface area contributed by atoms with E-state index in [-0.39, 0.29) is 36.1 Å². The Morgan fingerprint density at radius 1 is 1.20 bits per heavy atom. The van der Waals surface area contributed by atoms with Crippen LogP contribution in [-0.4, -0.2) is 54.7 Å². The first-order valence-corrected chi connectivity index (χ1v) is 11.0. The first kappa shape index (κ1) is 23.0. The van der Waals surface area contributed by atoms with Crippen molar-refractivity contribution in [2.24, 2.45) is 0 Å². The molecule has 0 bridgehead atoms. The average Bonchev–Trinajstić information content (AvgIpc) is 3.42. The number of aromatic nitrogens is 6. The molecule has 0 unspecified atom stereocenters. The zero-order valence-electron chi connectivity index (χ0n) is 19.3. The van der Waals surface area contributed by atoms with Crippen LogP contribution in [0.3, 0.4) is 0 Å². The minimum atomic E-state index is -0.794. The summed E-state index contributed by atoms with van der Waals surface area (Å²) in [6.07, 6.45) is 5.08. The summed E-state index contributed by atoms with van der Waals surface area (Å²) in [7, 11) is 0. The topological polar surface area (TPSA) is 109 Å². The van der Waals surface area contributed by atoms with E-state index in [9.17, 15) is 4.39 Å². The second-order valence-electron chi connectivity index (χ2n) is 8.49. The molecule has 4 aromatic rings. The summed E-state index contributed by atoms with van der Waals surface area (Å²) in [5, 5.41) is 7.25. The highest BCUT2D eigenvalue weighted by Gasteiger charge is 2.33. The largest absolute Gasteiger partial charge is 0.473 e. The Labute approximate surface area is 199 Å². The Kier molecular flexibility index (Phi) is 5.99. The Balaban J connectivity index is 1.49. The maximum Gasteiger partial charge on any atom is 0.256 e. The van der Waals surface area contributed by atoms with Gasteiger partial charge in [-0.2, -0.15) is 14.5 Å². The molecule has 1 aliphatic rings. The normalized spacial score (nSPS) is 18.0. The number of pyridine rings is 1. The zero-order valence-corrected chi connectivity index (χ0v) is 19.3. The highest BCUT2D eigenvalue weighted by atomic mass is 19.1. The van der Waals surface area contributed by atoms with Gasteiger partial charge in [-0.3, -0.25) is 0 Å². The van der Waals surface area contributed by atoms with Gasteiger partial charge in [0.05, 0.1) is 42.3 Å². The van der Waals surface area contributed by atoms with Gasteiger partial charge in [-0.15, -0.1) is 0 Å². The van der Waals surface area contributed by atoms with E-state index in [0.29, 0.717) is 12.2 Å². The molecule has 35 heavy (non-hydrogen) atoms. The van der Waals surface area contributed by atoms with Gasteiger partial charge in [0.1, 0.15) is 18.5 Å². The van der Waals surface area contributed by atoms with Crippen molar-refractivity contribution < 1.29 is 23.0 Å². The highest BCUT2D eigenvalue weighted by Crippen LogP contribution is 2.31. The number of anilines is 1. The molecule has 10 nitrogen and oxygen atoms in total. The van der Waals surface area contributed by atoms with E-state index < -0.39 is 23.5 Å². The molecule has 2 atom stereocenters. The molecule has 0 spiro atoms. The Morgan fingerprint density at radius 2 is 2.00 bits per heavy atom. The van der Waals surface area contributed by atoms with Gasteiger partial charge < -0.3 is 19.5 Å². The van der Waals surface area contributed by atoms with Gasteiger partial charge in [-0.25, -0.2) is 23.9 Å². The number of fused-ring (bicyclic) bond motifs is 1. The minimum absolute atomic E-state index is 0.0294. The average molecular weight is 483 g/mol. The van der Waals surface area contributed by atoms with Crippen LogP contribution in [0, 0.1) is 11.6 Å². The van der Waals surface area contributed by atoms with Crippen molar-refractivity contribution in [1.29, 1.82) is 0 Å². The molecule has 0 radical (unpaired) electrons. The van der Waals surface area contributed by atoms with E-state index in [0.717, 1.165) is 17.9 Å². The third-order valence-electron chi connectivity index (χ3n) is 5.34. The second-order valence-corrected chi connectivity index (χ2v) is 8.49. The Bertz CT molecular complexity index is 1350. The third kappa shape index (κ3) is 4.88. The van der Waals surface area contributed by atoms with Crippen LogP contribution in [0.1, 0.15) is 32.6 Å². The minimum Gasteiger partial charge on any atom is -0.473 e. The molecule has 1 saturated heterocycles. The van der Waals surface area contributed by atoms with Crippen LogP contribution >= 0.6 is 0 Å². The predicted molar refractivity (Wildman–Crippen MR) is 121 cm³/mol. The molecule has 0 aliphatic carbocycles. The van der Waals surface area contributed by atoms with E-state index in [1.165, 1.54) is 0 Å². The molecule has 4 aromatic heterocycles. The molecular weight excluding hydrogens is 460 g/mol. The van der Waals surface area contributed by atoms with E-state index in [1.807, 2.05) is 18.2 Å². The lowest BCUT2D eigenvalue weighted by Crippen LogP contribution is -2.25. The van der Waals surface area contributed by atoms with Gasteiger partial charge in [0, 0.05) is 6.20 Å². The maximum absolute atomic E-state index is 15.5. The number of nitrogens with zero attached hydrogens (tertiary/aromatic N) is 6. The first-order chi connectivity index (χ1) is 16.8. The molecule has 1 aliphatic heterocycles. The number of nitrogens with one attached hydrogen (secondary N) is 1. The lowest BCUT2D eigenvalue weighted by atomic mass is 10.2. The fraction of sp³-hybridized carbons (Fsp3) is 0.348. The van der Waals surface area contributed by atoms with Gasteiger partial charge in [-0.1, -0.05) is 6.07 Å². The summed E-state index contributed by atoms with van der Waals surface area (Å²) in [6.45, 7) is 5.63. The van der Waals surface area contributed by atoms with Crippen molar-refractivity contribution in [2.45, 2.75) is 38.7 Å². The van der Waals surface area contributed by atoms with Gasteiger partial charge in [0.25, 0.3) is 5.88 Å². The van der Waals surface area contributed by atoms with Crippen molar-refractivity contribution in [2.75, 3.05) is 18.5 Å². The second kappa shape index (κ2) is 9.12. The van der Waals surface area contributed by atoms with Crippen LogP contribution in [0.25, 0.3) is 16.9 Å². The van der Waals surface area contributed by atoms with Crippen LogP contribution < -0.4 is 10.1 Å². The van der Waals surface area contributed by atoms with E-state index >= 15 is 4.39 Å². The van der Waals surface area contributed by atoms with Gasteiger partial charge in [-0.05, 0) is 32.9 Å². The lowest BCUT2D eigenvalue weighted by Gasteiger charge is -2.18. The first-order valence-electron chi connectivity index (χ1n) is 11.0. The number of ether oxygens (including phenoxy) is 3. The number of hydrogen-bond donors (Lipinski definition) is 1. The molecule has 5 heterocycles. The summed E-state index contributed by atoms with van der Waals surface area (Å²) < 4.78 is 47.4. The Morgan fingerprint density at radius 3 is 2.74 bits per heavy atom. The van der Waals surface area contributed by atoms with Crippen molar-refractivity contribution >= 4 is 11.3 Å². The molecule has 0 aromatic carbocycles. The highest BCUT2D eigenvalue weighted by molar-refractivity contribution is 5.76. The summed E-state index contributed by atoms with van der Waals surface area (Å²) in [5.74, 6) is -2.00. The molecule has 5 rings (SSSR count). The maximum atomic E-state index is 15.5. The van der Waals surface area contributed by atoms with Gasteiger partial charge in [0.15, 0.2) is 23.2 Å². The van der Waals surface area contributed by atoms with Crippen LogP contribution in [0.4, 0.5) is 14.6 Å². The number of hydrogen-bond acceptors (Lipinski definition) is 9. The molecule has 182 valence electrons. The fourth-order valence-electron chi connectivity index (χ4n) is 3.68. The Hall–Kier alpha value is -3.77. The van der Waals surface area contributed by atoms with Crippen molar-refractivity contribution in [3.63, 3.8) is 0 Å². The third-order valence-corrected chi connectivity index (χ3v) is 5.34. The van der Waals surface area contributed by atoms with Crippen LogP contribution in [0.5, 0.6) is 5.88 Å². The molecular formula is C23H23F2N7O3. The summed E-state index contributed by atoms with van der Waals surface area (Å²) in [4.78, 5) is 16.6. The summed E-state index contributed by atoms with van der Waals surface area (Å²) in [6, 6.07) is 4.96. The van der Waals surface area contributed by atoms with Crippen LogP contribution in [-0.2, 0) is 9.47 Å². The van der Waals surface area contributed by atoms with E-state index in [1.54, 1.807) is 37.7 Å². The summed E-state index contributed by atoms with van der Waals surface area (Å²) in [5.41, 5.74) is 1.32. The standard InChI is InChI=1S/C23H23F2N7O3/c1-13(19-26-8-14(24)9-27-19)29-21-18(25)22(33-11-15-12-34-23(2,3)35-15)31-20(30-21)16-10-28-32-7-5-4-6-17(16)32/h4-10,13,15H,11-12H2,1-3H3,(H,29,30,31)/t13-,15+/m0/s1. The molecule has 1 fully saturated rings. The smallest absolute Gasteiger partial charge is 0.256 e. The van der Waals surface area contributed by atoms with Crippen molar-refractivity contribution in [1.82, 2.24) is 29.5 Å². The lowest BCUT2D eigenvalue weighted by molar-refractivity contribution is -0.141. The monoisotopic (exact) mass is 483 g/mol. The number of halogens is 2. The van der Waals surface area contributed by atoms with E-state index in [4.69, 9.17) is 14.2 Å². The van der Waals surface area contributed by atoms with Crippen molar-refractivity contribution in [3.05, 3.63) is 60.4 Å².